The summed E-state index contributed by atoms with van der Waals surface area (Å²) in [5.74, 6) is 0.762. The van der Waals surface area contributed by atoms with Crippen LogP contribution in [0.3, 0.4) is 0 Å². The van der Waals surface area contributed by atoms with Crippen molar-refractivity contribution in [2.75, 3.05) is 26.6 Å². The third-order valence-corrected chi connectivity index (χ3v) is 7.06. The Morgan fingerprint density at radius 1 is 1.10 bits per heavy atom. The monoisotopic (exact) mass is 446 g/mol. The predicted octanol–water partition coefficient (Wildman–Crippen LogP) is 4.28. The highest BCUT2D eigenvalue weighted by Gasteiger charge is 2.33. The van der Waals surface area contributed by atoms with Crippen LogP contribution in [0, 0.1) is 11.3 Å². The summed E-state index contributed by atoms with van der Waals surface area (Å²) in [4.78, 5) is 26.4. The minimum absolute atomic E-state index is 0.175. The number of thiophene rings is 1. The summed E-state index contributed by atoms with van der Waals surface area (Å²) in [6.45, 7) is 6.70. The normalized spacial score (nSPS) is 15.7. The number of hydrogen-bond donors (Lipinski definition) is 2. The van der Waals surface area contributed by atoms with Crippen molar-refractivity contribution in [1.82, 2.24) is 0 Å². The lowest BCUT2D eigenvalue weighted by Gasteiger charge is -2.33. The minimum Gasteiger partial charge on any atom is -0.493 e. The highest BCUT2D eigenvalue weighted by Crippen LogP contribution is 2.44. The van der Waals surface area contributed by atoms with Crippen molar-refractivity contribution < 1.29 is 23.8 Å². The summed E-state index contributed by atoms with van der Waals surface area (Å²) in [5, 5.41) is 3.38. The van der Waals surface area contributed by atoms with Crippen molar-refractivity contribution in [3.63, 3.8) is 0 Å². The zero-order chi connectivity index (χ0) is 22.9. The number of nitrogens with two attached hydrogens (primary N) is 1. The molecule has 0 bridgehead atoms. The van der Waals surface area contributed by atoms with Gasteiger partial charge in [0.05, 0.1) is 26.9 Å². The molecule has 0 aliphatic heterocycles. The molecule has 1 aromatic carbocycles. The molecule has 31 heavy (non-hydrogen) atoms. The Balaban J connectivity index is 1.96. The summed E-state index contributed by atoms with van der Waals surface area (Å²) in [6, 6.07) is 3.15. The summed E-state index contributed by atoms with van der Waals surface area (Å²) in [7, 11) is 4.48. The van der Waals surface area contributed by atoms with Gasteiger partial charge in [0.15, 0.2) is 11.5 Å². The van der Waals surface area contributed by atoms with Gasteiger partial charge >= 0.3 is 0 Å². The third-order valence-electron chi connectivity index (χ3n) is 5.89. The van der Waals surface area contributed by atoms with E-state index in [2.05, 4.69) is 26.1 Å². The van der Waals surface area contributed by atoms with Crippen LogP contribution in [0.5, 0.6) is 17.2 Å². The van der Waals surface area contributed by atoms with E-state index in [1.807, 2.05) is 0 Å². The van der Waals surface area contributed by atoms with Gasteiger partial charge in [0, 0.05) is 10.4 Å². The topological polar surface area (TPSA) is 99.9 Å². The maximum atomic E-state index is 13.1. The van der Waals surface area contributed by atoms with Gasteiger partial charge in [0.1, 0.15) is 5.00 Å². The Morgan fingerprint density at radius 2 is 1.71 bits per heavy atom. The van der Waals surface area contributed by atoms with Gasteiger partial charge in [0.25, 0.3) is 11.8 Å². The highest BCUT2D eigenvalue weighted by molar-refractivity contribution is 7.17. The van der Waals surface area contributed by atoms with Gasteiger partial charge in [-0.15, -0.1) is 11.3 Å². The number of anilines is 1. The molecule has 1 unspecified atom stereocenters. The van der Waals surface area contributed by atoms with E-state index in [9.17, 15) is 9.59 Å². The van der Waals surface area contributed by atoms with Crippen molar-refractivity contribution in [3.05, 3.63) is 33.7 Å². The fourth-order valence-electron chi connectivity index (χ4n) is 4.06. The van der Waals surface area contributed by atoms with Crippen LogP contribution in [0.4, 0.5) is 5.00 Å². The molecule has 8 heteroatoms. The second-order valence-corrected chi connectivity index (χ2v) is 9.85. The van der Waals surface area contributed by atoms with Gasteiger partial charge in [-0.05, 0) is 48.3 Å². The maximum absolute atomic E-state index is 13.1. The Morgan fingerprint density at radius 3 is 2.19 bits per heavy atom. The molecule has 0 radical (unpaired) electrons. The van der Waals surface area contributed by atoms with Gasteiger partial charge in [-0.3, -0.25) is 9.59 Å². The fraction of sp³-hybridized carbons (Fsp3) is 0.478. The van der Waals surface area contributed by atoms with E-state index in [0.717, 1.165) is 29.7 Å². The molecule has 0 saturated carbocycles. The number of hydrogen-bond acceptors (Lipinski definition) is 6. The van der Waals surface area contributed by atoms with Crippen LogP contribution in [0.25, 0.3) is 0 Å². The number of nitrogens with one attached hydrogen (secondary N) is 1. The van der Waals surface area contributed by atoms with Crippen LogP contribution in [-0.4, -0.2) is 33.1 Å². The summed E-state index contributed by atoms with van der Waals surface area (Å²) in [6.07, 6.45) is 2.66. The van der Waals surface area contributed by atoms with Crippen molar-refractivity contribution in [2.45, 2.75) is 40.0 Å². The lowest BCUT2D eigenvalue weighted by Crippen LogP contribution is -2.27. The van der Waals surface area contributed by atoms with Crippen LogP contribution in [0.15, 0.2) is 12.1 Å². The second kappa shape index (κ2) is 8.78. The van der Waals surface area contributed by atoms with E-state index in [4.69, 9.17) is 19.9 Å². The molecule has 1 aromatic heterocycles. The number of fused-ring (bicyclic) bond motifs is 1. The standard InChI is InChI=1S/C23H30N2O5S/c1-23(2,3)13-7-8-14-17(11-13)31-22(18(14)20(24)26)25-21(27)12-9-15(28-4)19(30-6)16(10-12)29-5/h9-10,13H,7-8,11H2,1-6H3,(H2,24,26)(H,25,27). The molecule has 1 heterocycles. The van der Waals surface area contributed by atoms with Gasteiger partial charge < -0.3 is 25.3 Å². The van der Waals surface area contributed by atoms with Gasteiger partial charge in [0.2, 0.25) is 5.75 Å². The first kappa shape index (κ1) is 22.9. The largest absolute Gasteiger partial charge is 0.493 e. The van der Waals surface area contributed by atoms with Crippen molar-refractivity contribution in [1.29, 1.82) is 0 Å². The van der Waals surface area contributed by atoms with E-state index in [1.54, 1.807) is 12.1 Å². The lowest BCUT2D eigenvalue weighted by atomic mass is 9.72. The number of ether oxygens (including phenoxy) is 3. The number of amides is 2. The minimum atomic E-state index is -0.521. The number of rotatable bonds is 6. The molecule has 0 saturated heterocycles. The van der Waals surface area contributed by atoms with Crippen molar-refractivity contribution in [2.24, 2.45) is 17.1 Å². The Bertz CT molecular complexity index is 981. The van der Waals surface area contributed by atoms with Crippen LogP contribution >= 0.6 is 11.3 Å². The molecule has 1 aliphatic carbocycles. The van der Waals surface area contributed by atoms with Gasteiger partial charge in [-0.25, -0.2) is 0 Å². The quantitative estimate of drug-likeness (QED) is 0.690. The first-order chi connectivity index (χ1) is 14.6. The highest BCUT2D eigenvalue weighted by atomic mass is 32.1. The predicted molar refractivity (Wildman–Crippen MR) is 122 cm³/mol. The smallest absolute Gasteiger partial charge is 0.256 e. The lowest BCUT2D eigenvalue weighted by molar-refractivity contribution is 0.1000. The molecule has 2 amide bonds. The molecule has 3 N–H and O–H groups in total. The van der Waals surface area contributed by atoms with Crippen LogP contribution < -0.4 is 25.3 Å². The van der Waals surface area contributed by atoms with Gasteiger partial charge in [-0.1, -0.05) is 20.8 Å². The van der Waals surface area contributed by atoms with Crippen LogP contribution in [-0.2, 0) is 12.8 Å². The molecule has 3 rings (SSSR count). The molecule has 0 spiro atoms. The third kappa shape index (κ3) is 4.49. The maximum Gasteiger partial charge on any atom is 0.256 e. The first-order valence-electron chi connectivity index (χ1n) is 10.2. The van der Waals surface area contributed by atoms with Crippen LogP contribution in [0.2, 0.25) is 0 Å². The molecule has 1 aliphatic rings. The summed E-state index contributed by atoms with van der Waals surface area (Å²) >= 11 is 1.44. The fourth-order valence-corrected chi connectivity index (χ4v) is 5.39. The first-order valence-corrected chi connectivity index (χ1v) is 11.0. The van der Waals surface area contributed by atoms with E-state index < -0.39 is 5.91 Å². The SMILES string of the molecule is COc1cc(C(=O)Nc2sc3c(c2C(N)=O)CCC(C(C)(C)C)C3)cc(OC)c1OC. The summed E-state index contributed by atoms with van der Waals surface area (Å²) in [5.41, 5.74) is 7.60. The van der Waals surface area contributed by atoms with Crippen molar-refractivity contribution >= 4 is 28.2 Å². The Hall–Kier alpha value is -2.74. The molecule has 168 valence electrons. The van der Waals surface area contributed by atoms with E-state index in [-0.39, 0.29) is 11.3 Å². The second-order valence-electron chi connectivity index (χ2n) is 8.75. The number of benzene rings is 1. The number of methoxy groups -OCH3 is 3. The molecule has 0 fully saturated rings. The van der Waals surface area contributed by atoms with E-state index in [0.29, 0.717) is 39.3 Å². The summed E-state index contributed by atoms with van der Waals surface area (Å²) < 4.78 is 16.0. The van der Waals surface area contributed by atoms with Crippen molar-refractivity contribution in [3.8, 4) is 17.2 Å². The number of primary amides is 1. The molecule has 2 aromatic rings. The number of carbonyl (C=O) groups is 2. The number of carbonyl (C=O) groups excluding carboxylic acids is 2. The zero-order valence-electron chi connectivity index (χ0n) is 18.9. The molecular weight excluding hydrogens is 416 g/mol. The molecule has 7 nitrogen and oxygen atoms in total. The Kier molecular flexibility index (Phi) is 6.50. The van der Waals surface area contributed by atoms with Crippen LogP contribution in [0.1, 0.15) is 58.3 Å². The Labute approximate surface area is 186 Å². The van der Waals surface area contributed by atoms with E-state index >= 15 is 0 Å². The average molecular weight is 447 g/mol. The average Bonchev–Trinajstić information content (AvgIpc) is 3.08. The van der Waals surface area contributed by atoms with Gasteiger partial charge in [-0.2, -0.15) is 0 Å². The zero-order valence-corrected chi connectivity index (χ0v) is 19.7. The molecule has 1 atom stereocenters. The molecular formula is C23H30N2O5S. The van der Waals surface area contributed by atoms with E-state index in [1.165, 1.54) is 32.7 Å².